The van der Waals surface area contributed by atoms with Crippen LogP contribution in [-0.4, -0.2) is 26.3 Å². The fourth-order valence-corrected chi connectivity index (χ4v) is 3.91. The zero-order chi connectivity index (χ0) is 20.2. The van der Waals surface area contributed by atoms with Crippen molar-refractivity contribution in [3.8, 4) is 0 Å². The number of carbonyl (C=O) groups is 2. The number of hydrogen-bond donors (Lipinski definition) is 3. The van der Waals surface area contributed by atoms with Gasteiger partial charge >= 0.3 is 0 Å². The van der Waals surface area contributed by atoms with Gasteiger partial charge in [0.2, 0.25) is 11.8 Å². The summed E-state index contributed by atoms with van der Waals surface area (Å²) in [7, 11) is -3.84. The number of amides is 2. The zero-order valence-electron chi connectivity index (χ0n) is 15.0. The average molecular weight is 454 g/mol. The summed E-state index contributed by atoms with van der Waals surface area (Å²) in [5.74, 6) is -0.776. The Hall–Kier alpha value is -2.39. The highest BCUT2D eigenvalue weighted by Crippen LogP contribution is 2.24. The second kappa shape index (κ2) is 8.53. The van der Waals surface area contributed by atoms with Crippen molar-refractivity contribution < 1.29 is 18.0 Å². The van der Waals surface area contributed by atoms with Gasteiger partial charge in [-0.15, -0.1) is 0 Å². The summed E-state index contributed by atoms with van der Waals surface area (Å²) in [6.07, 6.45) is 0. The first-order chi connectivity index (χ1) is 12.6. The van der Waals surface area contributed by atoms with Gasteiger partial charge in [-0.1, -0.05) is 22.0 Å². The molecule has 144 valence electrons. The Morgan fingerprint density at radius 3 is 2.22 bits per heavy atom. The molecule has 0 saturated heterocycles. The second-order valence-corrected chi connectivity index (χ2v) is 8.57. The monoisotopic (exact) mass is 453 g/mol. The minimum Gasteiger partial charge on any atom is -0.345 e. The highest BCUT2D eigenvalue weighted by Gasteiger charge is 2.19. The third-order valence-corrected chi connectivity index (χ3v) is 5.71. The van der Waals surface area contributed by atoms with Gasteiger partial charge in [0.1, 0.15) is 6.04 Å². The van der Waals surface area contributed by atoms with E-state index in [1.54, 1.807) is 43.3 Å². The summed E-state index contributed by atoms with van der Waals surface area (Å²) in [6, 6.07) is 10.6. The van der Waals surface area contributed by atoms with Gasteiger partial charge in [-0.2, -0.15) is 0 Å². The molecular weight excluding hydrogens is 434 g/mol. The van der Waals surface area contributed by atoms with E-state index in [2.05, 4.69) is 31.3 Å². The van der Waals surface area contributed by atoms with Crippen LogP contribution in [0.2, 0.25) is 0 Å². The van der Waals surface area contributed by atoms with Crippen molar-refractivity contribution in [1.82, 2.24) is 5.32 Å². The van der Waals surface area contributed by atoms with Gasteiger partial charge in [-0.3, -0.25) is 14.3 Å². The maximum absolute atomic E-state index is 12.7. The number of benzene rings is 2. The predicted octanol–water partition coefficient (Wildman–Crippen LogP) is 3.02. The smallest absolute Gasteiger partial charge is 0.262 e. The molecule has 0 radical (unpaired) electrons. The van der Waals surface area contributed by atoms with Gasteiger partial charge in [-0.05, 0) is 55.8 Å². The van der Waals surface area contributed by atoms with E-state index in [-0.39, 0.29) is 10.8 Å². The van der Waals surface area contributed by atoms with E-state index in [0.717, 1.165) is 4.47 Å². The molecule has 0 aliphatic carbocycles. The molecule has 2 rings (SSSR count). The molecule has 0 heterocycles. The SMILES string of the molecule is CC(=O)NC(C)C(=O)Nc1ccc(C)c(S(=O)(=O)Nc2ccc(Br)cc2)c1. The molecule has 1 unspecified atom stereocenters. The van der Waals surface area contributed by atoms with Crippen molar-refractivity contribution in [3.63, 3.8) is 0 Å². The fraction of sp³-hybridized carbons (Fsp3) is 0.222. The number of hydrogen-bond acceptors (Lipinski definition) is 4. The molecule has 9 heteroatoms. The van der Waals surface area contributed by atoms with E-state index >= 15 is 0 Å². The number of rotatable bonds is 6. The molecule has 7 nitrogen and oxygen atoms in total. The van der Waals surface area contributed by atoms with Crippen LogP contribution >= 0.6 is 15.9 Å². The molecule has 2 amide bonds. The average Bonchev–Trinajstić information content (AvgIpc) is 2.57. The van der Waals surface area contributed by atoms with Gasteiger partial charge < -0.3 is 10.6 Å². The van der Waals surface area contributed by atoms with Crippen LogP contribution < -0.4 is 15.4 Å². The molecule has 0 bridgehead atoms. The van der Waals surface area contributed by atoms with Crippen molar-refractivity contribution in [2.75, 3.05) is 10.0 Å². The Morgan fingerprint density at radius 1 is 1.04 bits per heavy atom. The number of carbonyl (C=O) groups excluding carboxylic acids is 2. The lowest BCUT2D eigenvalue weighted by atomic mass is 10.2. The third kappa shape index (κ3) is 5.80. The number of anilines is 2. The van der Waals surface area contributed by atoms with Crippen molar-refractivity contribution in [1.29, 1.82) is 0 Å². The highest BCUT2D eigenvalue weighted by molar-refractivity contribution is 9.10. The van der Waals surface area contributed by atoms with E-state index in [9.17, 15) is 18.0 Å². The first-order valence-corrected chi connectivity index (χ1v) is 10.3. The van der Waals surface area contributed by atoms with Gasteiger partial charge in [0, 0.05) is 22.8 Å². The first-order valence-electron chi connectivity index (χ1n) is 8.05. The van der Waals surface area contributed by atoms with E-state index in [1.165, 1.54) is 19.9 Å². The van der Waals surface area contributed by atoms with Gasteiger partial charge in [0.05, 0.1) is 4.90 Å². The maximum Gasteiger partial charge on any atom is 0.262 e. The Bertz CT molecular complexity index is 959. The Kier molecular flexibility index (Phi) is 6.61. The minimum atomic E-state index is -3.84. The summed E-state index contributed by atoms with van der Waals surface area (Å²) in [4.78, 5) is 23.2. The molecule has 2 aromatic carbocycles. The lowest BCUT2D eigenvalue weighted by Gasteiger charge is -2.15. The first kappa shape index (κ1) is 20.9. The zero-order valence-corrected chi connectivity index (χ0v) is 17.4. The van der Waals surface area contributed by atoms with Crippen LogP contribution in [0.4, 0.5) is 11.4 Å². The van der Waals surface area contributed by atoms with Gasteiger partial charge in [0.25, 0.3) is 10.0 Å². The van der Waals surface area contributed by atoms with Gasteiger partial charge in [0.15, 0.2) is 0 Å². The largest absolute Gasteiger partial charge is 0.345 e. The molecule has 0 spiro atoms. The lowest BCUT2D eigenvalue weighted by molar-refractivity contribution is -0.124. The van der Waals surface area contributed by atoms with Crippen molar-refractivity contribution in [3.05, 3.63) is 52.5 Å². The summed E-state index contributed by atoms with van der Waals surface area (Å²) < 4.78 is 28.8. The van der Waals surface area contributed by atoms with Crippen LogP contribution in [-0.2, 0) is 19.6 Å². The molecule has 3 N–H and O–H groups in total. The van der Waals surface area contributed by atoms with Crippen LogP contribution in [0.1, 0.15) is 19.4 Å². The predicted molar refractivity (Wildman–Crippen MR) is 108 cm³/mol. The molecular formula is C18H20BrN3O4S. The van der Waals surface area contributed by atoms with Crippen molar-refractivity contribution in [2.24, 2.45) is 0 Å². The molecule has 0 aliphatic rings. The van der Waals surface area contributed by atoms with Crippen LogP contribution in [0.5, 0.6) is 0 Å². The Balaban J connectivity index is 2.24. The molecule has 27 heavy (non-hydrogen) atoms. The van der Waals surface area contributed by atoms with Gasteiger partial charge in [-0.25, -0.2) is 8.42 Å². The third-order valence-electron chi connectivity index (χ3n) is 3.65. The number of sulfonamides is 1. The number of aryl methyl sites for hydroxylation is 1. The number of halogens is 1. The summed E-state index contributed by atoms with van der Waals surface area (Å²) in [6.45, 7) is 4.52. The quantitative estimate of drug-likeness (QED) is 0.624. The van der Waals surface area contributed by atoms with Crippen LogP contribution in [0, 0.1) is 6.92 Å². The summed E-state index contributed by atoms with van der Waals surface area (Å²) in [5.41, 5.74) is 1.28. The molecule has 1 atom stereocenters. The molecule has 2 aromatic rings. The van der Waals surface area contributed by atoms with Crippen LogP contribution in [0.25, 0.3) is 0 Å². The normalized spacial score (nSPS) is 12.1. The molecule has 0 fully saturated rings. The van der Waals surface area contributed by atoms with E-state index in [4.69, 9.17) is 0 Å². The van der Waals surface area contributed by atoms with Crippen LogP contribution in [0.15, 0.2) is 51.8 Å². The second-order valence-electron chi connectivity index (χ2n) is 6.00. The summed E-state index contributed by atoms with van der Waals surface area (Å²) >= 11 is 3.30. The Labute approximate surface area is 166 Å². The minimum absolute atomic E-state index is 0.0513. The highest BCUT2D eigenvalue weighted by atomic mass is 79.9. The Morgan fingerprint density at radius 2 is 1.63 bits per heavy atom. The lowest BCUT2D eigenvalue weighted by Crippen LogP contribution is -2.40. The standard InChI is InChI=1S/C18H20BrN3O4S/c1-11-4-7-16(21-18(24)12(2)20-13(3)23)10-17(11)27(25,26)22-15-8-5-14(19)6-9-15/h4-10,12,22H,1-3H3,(H,20,23)(H,21,24). The van der Waals surface area contributed by atoms with E-state index in [0.29, 0.717) is 16.9 Å². The topological polar surface area (TPSA) is 104 Å². The number of nitrogens with one attached hydrogen (secondary N) is 3. The fourth-order valence-electron chi connectivity index (χ4n) is 2.32. The van der Waals surface area contributed by atoms with E-state index in [1.807, 2.05) is 0 Å². The van der Waals surface area contributed by atoms with Crippen molar-refractivity contribution in [2.45, 2.75) is 31.7 Å². The summed E-state index contributed by atoms with van der Waals surface area (Å²) in [5, 5.41) is 5.08. The van der Waals surface area contributed by atoms with Crippen LogP contribution in [0.3, 0.4) is 0 Å². The molecule has 0 aromatic heterocycles. The molecule has 0 saturated carbocycles. The van der Waals surface area contributed by atoms with Crippen molar-refractivity contribution >= 4 is 49.1 Å². The molecule has 0 aliphatic heterocycles. The maximum atomic E-state index is 12.7. The van der Waals surface area contributed by atoms with E-state index < -0.39 is 22.0 Å².